The van der Waals surface area contributed by atoms with Gasteiger partial charge in [-0.15, -0.1) is 0 Å². The highest BCUT2D eigenvalue weighted by Gasteiger charge is 2.18. The molecule has 1 atom stereocenters. The van der Waals surface area contributed by atoms with Crippen molar-refractivity contribution in [3.05, 3.63) is 74.6 Å². The van der Waals surface area contributed by atoms with Gasteiger partial charge in [-0.05, 0) is 56.7 Å². The lowest BCUT2D eigenvalue weighted by molar-refractivity contribution is 0.0935. The lowest BCUT2D eigenvalue weighted by Gasteiger charge is -2.15. The average Bonchev–Trinajstić information content (AvgIpc) is 2.94. The smallest absolute Gasteiger partial charge is 0.271 e. The van der Waals surface area contributed by atoms with Gasteiger partial charge in [-0.1, -0.05) is 39.7 Å². The molecule has 2 aromatic heterocycles. The van der Waals surface area contributed by atoms with Gasteiger partial charge in [0.1, 0.15) is 5.69 Å². The van der Waals surface area contributed by atoms with E-state index in [1.807, 2.05) is 51.1 Å². The van der Waals surface area contributed by atoms with E-state index in [0.29, 0.717) is 10.8 Å². The van der Waals surface area contributed by atoms with E-state index in [1.54, 1.807) is 16.8 Å². The van der Waals surface area contributed by atoms with Crippen molar-refractivity contribution in [3.8, 4) is 5.82 Å². The molecule has 134 valence electrons. The third-order valence-electron chi connectivity index (χ3n) is 3.99. The fourth-order valence-electron chi connectivity index (χ4n) is 2.67. The highest BCUT2D eigenvalue weighted by atomic mass is 79.9. The van der Waals surface area contributed by atoms with Crippen molar-refractivity contribution in [2.45, 2.75) is 26.8 Å². The van der Waals surface area contributed by atoms with Crippen molar-refractivity contribution in [2.24, 2.45) is 0 Å². The summed E-state index contributed by atoms with van der Waals surface area (Å²) in [6.45, 7) is 5.76. The summed E-state index contributed by atoms with van der Waals surface area (Å²) in [5.74, 6) is 0.232. The SMILES string of the molecule is Cc1cc(C)n(-c2ccc(Cl)c(C(=O)NC(C)c3ccc(Br)cc3)n2)n1. The molecule has 0 saturated heterocycles. The van der Waals surface area contributed by atoms with E-state index in [9.17, 15) is 4.79 Å². The monoisotopic (exact) mass is 432 g/mol. The number of aromatic nitrogens is 3. The number of benzene rings is 1. The molecule has 0 radical (unpaired) electrons. The molecule has 5 nitrogen and oxygen atoms in total. The average molecular weight is 434 g/mol. The summed E-state index contributed by atoms with van der Waals surface area (Å²) in [7, 11) is 0. The minimum Gasteiger partial charge on any atom is -0.344 e. The molecular formula is C19H18BrClN4O. The van der Waals surface area contributed by atoms with Gasteiger partial charge in [0.2, 0.25) is 0 Å². The van der Waals surface area contributed by atoms with Crippen LogP contribution in [0.5, 0.6) is 0 Å². The minimum atomic E-state index is -0.325. The molecule has 26 heavy (non-hydrogen) atoms. The molecule has 0 spiro atoms. The maximum Gasteiger partial charge on any atom is 0.271 e. The van der Waals surface area contributed by atoms with E-state index in [2.05, 4.69) is 31.3 Å². The predicted octanol–water partition coefficient (Wildman–Crippen LogP) is 4.79. The fourth-order valence-corrected chi connectivity index (χ4v) is 3.13. The summed E-state index contributed by atoms with van der Waals surface area (Å²) < 4.78 is 2.68. The summed E-state index contributed by atoms with van der Waals surface area (Å²) >= 11 is 9.62. The van der Waals surface area contributed by atoms with Crippen molar-refractivity contribution >= 4 is 33.4 Å². The molecule has 3 rings (SSSR count). The second-order valence-electron chi connectivity index (χ2n) is 6.09. The number of amides is 1. The van der Waals surface area contributed by atoms with E-state index in [0.717, 1.165) is 21.4 Å². The van der Waals surface area contributed by atoms with E-state index in [1.165, 1.54) is 0 Å². The van der Waals surface area contributed by atoms with Crippen LogP contribution in [0.1, 0.15) is 40.4 Å². The molecule has 0 aliphatic rings. The van der Waals surface area contributed by atoms with Crippen LogP contribution < -0.4 is 5.32 Å². The number of nitrogens with zero attached hydrogens (tertiary/aromatic N) is 3. The van der Waals surface area contributed by atoms with E-state index < -0.39 is 0 Å². The number of carbonyl (C=O) groups excluding carboxylic acids is 1. The summed E-state index contributed by atoms with van der Waals surface area (Å²) in [6, 6.07) is 13.0. The summed E-state index contributed by atoms with van der Waals surface area (Å²) in [4.78, 5) is 17.1. The Morgan fingerprint density at radius 1 is 1.19 bits per heavy atom. The zero-order valence-corrected chi connectivity index (χ0v) is 17.0. The Morgan fingerprint density at radius 2 is 1.88 bits per heavy atom. The number of halogens is 2. The van der Waals surface area contributed by atoms with Crippen molar-refractivity contribution < 1.29 is 4.79 Å². The summed E-state index contributed by atoms with van der Waals surface area (Å²) in [5, 5.41) is 7.64. The molecule has 1 unspecified atom stereocenters. The Labute approximate surface area is 165 Å². The quantitative estimate of drug-likeness (QED) is 0.643. The molecule has 2 heterocycles. The Kier molecular flexibility index (Phi) is 5.44. The first-order valence-electron chi connectivity index (χ1n) is 8.11. The van der Waals surface area contributed by atoms with E-state index >= 15 is 0 Å². The first kappa shape index (κ1) is 18.6. The molecule has 0 aliphatic heterocycles. The Morgan fingerprint density at radius 3 is 2.50 bits per heavy atom. The number of hydrogen-bond acceptors (Lipinski definition) is 3. The van der Waals surface area contributed by atoms with Gasteiger partial charge >= 0.3 is 0 Å². The number of hydrogen-bond donors (Lipinski definition) is 1. The van der Waals surface area contributed by atoms with Gasteiger partial charge in [0.15, 0.2) is 5.82 Å². The molecule has 0 saturated carbocycles. The first-order valence-corrected chi connectivity index (χ1v) is 9.29. The van der Waals surface area contributed by atoms with Crippen molar-refractivity contribution in [2.75, 3.05) is 0 Å². The van der Waals surface area contributed by atoms with Gasteiger partial charge in [0, 0.05) is 10.2 Å². The van der Waals surface area contributed by atoms with Crippen LogP contribution in [0.4, 0.5) is 0 Å². The topological polar surface area (TPSA) is 59.8 Å². The molecule has 7 heteroatoms. The predicted molar refractivity (Wildman–Crippen MR) is 106 cm³/mol. The number of rotatable bonds is 4. The minimum absolute atomic E-state index is 0.175. The van der Waals surface area contributed by atoms with Crippen LogP contribution in [0.15, 0.2) is 46.9 Å². The number of pyridine rings is 1. The highest BCUT2D eigenvalue weighted by Crippen LogP contribution is 2.20. The van der Waals surface area contributed by atoms with Crippen molar-refractivity contribution in [1.82, 2.24) is 20.1 Å². The third kappa shape index (κ3) is 3.97. The maximum atomic E-state index is 12.7. The van der Waals surface area contributed by atoms with Crippen LogP contribution in [0.3, 0.4) is 0 Å². The van der Waals surface area contributed by atoms with Gasteiger partial charge in [0.05, 0.1) is 16.8 Å². The second kappa shape index (κ2) is 7.60. The van der Waals surface area contributed by atoms with Crippen molar-refractivity contribution in [1.29, 1.82) is 0 Å². The molecular weight excluding hydrogens is 416 g/mol. The van der Waals surface area contributed by atoms with Gasteiger partial charge in [-0.3, -0.25) is 4.79 Å². The lowest BCUT2D eigenvalue weighted by atomic mass is 10.1. The maximum absolute atomic E-state index is 12.7. The molecule has 0 aliphatic carbocycles. The Balaban J connectivity index is 1.86. The molecule has 1 aromatic carbocycles. The fraction of sp³-hybridized carbons (Fsp3) is 0.211. The van der Waals surface area contributed by atoms with Crippen LogP contribution in [-0.4, -0.2) is 20.7 Å². The lowest BCUT2D eigenvalue weighted by Crippen LogP contribution is -2.28. The summed E-state index contributed by atoms with van der Waals surface area (Å²) in [6.07, 6.45) is 0. The largest absolute Gasteiger partial charge is 0.344 e. The van der Waals surface area contributed by atoms with Crippen LogP contribution in [-0.2, 0) is 0 Å². The molecule has 1 amide bonds. The highest BCUT2D eigenvalue weighted by molar-refractivity contribution is 9.10. The van der Waals surface area contributed by atoms with Crippen LogP contribution in [0.2, 0.25) is 5.02 Å². The van der Waals surface area contributed by atoms with Crippen molar-refractivity contribution in [3.63, 3.8) is 0 Å². The molecule has 1 N–H and O–H groups in total. The Hall–Kier alpha value is -2.18. The third-order valence-corrected chi connectivity index (χ3v) is 4.82. The zero-order chi connectivity index (χ0) is 18.8. The zero-order valence-electron chi connectivity index (χ0n) is 14.6. The summed E-state index contributed by atoms with van der Waals surface area (Å²) in [5.41, 5.74) is 2.99. The van der Waals surface area contributed by atoms with Gasteiger partial charge in [-0.25, -0.2) is 9.67 Å². The van der Waals surface area contributed by atoms with Crippen LogP contribution >= 0.6 is 27.5 Å². The second-order valence-corrected chi connectivity index (χ2v) is 7.41. The number of nitrogens with one attached hydrogen (secondary N) is 1. The van der Waals surface area contributed by atoms with Crippen LogP contribution in [0.25, 0.3) is 5.82 Å². The van der Waals surface area contributed by atoms with E-state index in [4.69, 9.17) is 11.6 Å². The molecule has 0 fully saturated rings. The van der Waals surface area contributed by atoms with Crippen LogP contribution in [0, 0.1) is 13.8 Å². The molecule has 0 bridgehead atoms. The van der Waals surface area contributed by atoms with Gasteiger partial charge in [-0.2, -0.15) is 5.10 Å². The van der Waals surface area contributed by atoms with Gasteiger partial charge in [0.25, 0.3) is 5.91 Å². The Bertz CT molecular complexity index is 953. The van der Waals surface area contributed by atoms with E-state index in [-0.39, 0.29) is 17.6 Å². The number of aryl methyl sites for hydroxylation is 2. The standard InChI is InChI=1S/C19H18BrClN4O/c1-11-10-12(2)25(24-11)17-9-8-16(21)18(23-17)19(26)22-13(3)14-4-6-15(20)7-5-14/h4-10,13H,1-3H3,(H,22,26). The van der Waals surface area contributed by atoms with Gasteiger partial charge < -0.3 is 5.32 Å². The normalized spacial score (nSPS) is 12.0. The first-order chi connectivity index (χ1) is 12.3. The number of carbonyl (C=O) groups is 1. The molecule has 3 aromatic rings.